The smallest absolute Gasteiger partial charge is 0.314 e. The number of piperidine rings is 1. The molecule has 3 N–H and O–H groups in total. The number of carbonyl (C=O) groups excluding carboxylic acids is 2. The lowest BCUT2D eigenvalue weighted by Crippen LogP contribution is -2.49. The fourth-order valence-electron chi connectivity index (χ4n) is 4.41. The van der Waals surface area contributed by atoms with Crippen LogP contribution in [-0.2, 0) is 14.3 Å². The lowest BCUT2D eigenvalue weighted by atomic mass is 9.91. The summed E-state index contributed by atoms with van der Waals surface area (Å²) >= 11 is 0. The minimum atomic E-state index is -0.663. The van der Waals surface area contributed by atoms with Gasteiger partial charge in [-0.15, -0.1) is 0 Å². The molecule has 3 atom stereocenters. The van der Waals surface area contributed by atoms with E-state index in [1.165, 1.54) is 6.20 Å². The number of pyridine rings is 1. The largest absolute Gasteiger partial charge is 0.383 e. The Kier molecular flexibility index (Phi) is 5.90. The van der Waals surface area contributed by atoms with Crippen molar-refractivity contribution >= 4 is 34.2 Å². The van der Waals surface area contributed by atoms with Crippen molar-refractivity contribution in [3.8, 4) is 0 Å². The Morgan fingerprint density at radius 3 is 2.83 bits per heavy atom. The molecule has 2 saturated heterocycles. The summed E-state index contributed by atoms with van der Waals surface area (Å²) in [5.41, 5.74) is 7.08. The fraction of sp³-hybridized carbons (Fsp3) is 0.619. The van der Waals surface area contributed by atoms with E-state index >= 15 is 0 Å². The number of ether oxygens (including phenoxy) is 1. The number of aromatic nitrogens is 3. The zero-order valence-electron chi connectivity index (χ0n) is 17.6. The molecular formula is C21H30N6O3. The van der Waals surface area contributed by atoms with Crippen LogP contribution in [0.15, 0.2) is 12.4 Å². The number of hydrogen-bond acceptors (Lipinski definition) is 6. The minimum absolute atomic E-state index is 0.0526. The van der Waals surface area contributed by atoms with Crippen LogP contribution in [0.2, 0.25) is 0 Å². The van der Waals surface area contributed by atoms with E-state index in [4.69, 9.17) is 10.5 Å². The van der Waals surface area contributed by atoms with Crippen molar-refractivity contribution in [1.29, 1.82) is 0 Å². The normalized spacial score (nSPS) is 24.7. The third kappa shape index (κ3) is 3.86. The summed E-state index contributed by atoms with van der Waals surface area (Å²) in [6.07, 6.45) is 8.78. The maximum atomic E-state index is 12.9. The number of rotatable bonds is 3. The Bertz CT molecular complexity index is 936. The number of nitrogens with two attached hydrogens (primary N) is 1. The predicted molar refractivity (Wildman–Crippen MR) is 114 cm³/mol. The molecule has 0 radical (unpaired) electrons. The van der Waals surface area contributed by atoms with Crippen LogP contribution in [-0.4, -0.2) is 50.7 Å². The molecule has 2 aliphatic heterocycles. The molecule has 30 heavy (non-hydrogen) atoms. The first kappa shape index (κ1) is 20.6. The number of anilines is 2. The van der Waals surface area contributed by atoms with Crippen molar-refractivity contribution in [2.24, 2.45) is 5.92 Å². The molecule has 0 bridgehead atoms. The molecule has 0 aromatic carbocycles. The van der Waals surface area contributed by atoms with Gasteiger partial charge in [-0.25, -0.2) is 9.67 Å². The average molecular weight is 415 g/mol. The number of nitrogens with one attached hydrogen (secondary N) is 1. The number of carbonyl (C=O) groups is 2. The highest BCUT2D eigenvalue weighted by atomic mass is 16.5. The summed E-state index contributed by atoms with van der Waals surface area (Å²) < 4.78 is 7.60. The average Bonchev–Trinajstić information content (AvgIpc) is 3.22. The van der Waals surface area contributed by atoms with Gasteiger partial charge in [0.25, 0.3) is 0 Å². The van der Waals surface area contributed by atoms with Gasteiger partial charge in [-0.2, -0.15) is 5.10 Å². The van der Waals surface area contributed by atoms with E-state index in [0.29, 0.717) is 41.5 Å². The van der Waals surface area contributed by atoms with E-state index in [9.17, 15) is 9.59 Å². The highest BCUT2D eigenvalue weighted by Crippen LogP contribution is 2.32. The molecule has 2 aliphatic rings. The van der Waals surface area contributed by atoms with Crippen molar-refractivity contribution in [1.82, 2.24) is 19.7 Å². The standard InChI is InChI=1S/C21H30N6O3/c1-3-14-8-7-13(2)26(12-14)21(29)20(28)25-16-11-23-19(22)15-10-24-27(18(15)16)17-6-4-5-9-30-17/h10-11,13-14,17H,3-9,12H2,1-2H3,(H2,22,23)(H,25,28)/t13-,14+,17?/m0/s1. The van der Waals surface area contributed by atoms with Gasteiger partial charge >= 0.3 is 11.8 Å². The second-order valence-electron chi connectivity index (χ2n) is 8.34. The minimum Gasteiger partial charge on any atom is -0.383 e. The van der Waals surface area contributed by atoms with Crippen molar-refractivity contribution in [2.45, 2.75) is 64.6 Å². The highest BCUT2D eigenvalue weighted by molar-refractivity contribution is 6.40. The van der Waals surface area contributed by atoms with E-state index < -0.39 is 11.8 Å². The summed E-state index contributed by atoms with van der Waals surface area (Å²) in [5, 5.41) is 7.84. The molecule has 2 aromatic rings. The van der Waals surface area contributed by atoms with Gasteiger partial charge in [0.05, 0.1) is 23.5 Å². The van der Waals surface area contributed by atoms with Gasteiger partial charge in [0, 0.05) is 19.2 Å². The molecule has 162 valence electrons. The zero-order chi connectivity index (χ0) is 21.3. The summed E-state index contributed by atoms with van der Waals surface area (Å²) in [7, 11) is 0. The first-order valence-electron chi connectivity index (χ1n) is 10.8. The monoisotopic (exact) mass is 414 g/mol. The van der Waals surface area contributed by atoms with Crippen molar-refractivity contribution < 1.29 is 14.3 Å². The molecule has 2 amide bonds. The molecule has 0 saturated carbocycles. The number of nitrogens with zero attached hydrogens (tertiary/aromatic N) is 4. The Morgan fingerprint density at radius 2 is 2.10 bits per heavy atom. The first-order chi connectivity index (χ1) is 14.5. The summed E-state index contributed by atoms with van der Waals surface area (Å²) in [6, 6.07) is 0.0526. The molecule has 0 aliphatic carbocycles. The van der Waals surface area contributed by atoms with Crippen LogP contribution in [0.3, 0.4) is 0 Å². The fourth-order valence-corrected chi connectivity index (χ4v) is 4.41. The second kappa shape index (κ2) is 8.59. The van der Waals surface area contributed by atoms with Crippen LogP contribution in [0.25, 0.3) is 10.9 Å². The van der Waals surface area contributed by atoms with Crippen LogP contribution in [0.5, 0.6) is 0 Å². The number of hydrogen-bond donors (Lipinski definition) is 2. The summed E-state index contributed by atoms with van der Waals surface area (Å²) in [5.74, 6) is -0.408. The van der Waals surface area contributed by atoms with Crippen LogP contribution in [0.1, 0.15) is 58.6 Å². The van der Waals surface area contributed by atoms with E-state index in [-0.39, 0.29) is 12.3 Å². The zero-order valence-corrected chi connectivity index (χ0v) is 17.6. The molecule has 4 rings (SSSR count). The highest BCUT2D eigenvalue weighted by Gasteiger charge is 2.32. The maximum Gasteiger partial charge on any atom is 0.314 e. The molecule has 4 heterocycles. The molecule has 9 nitrogen and oxygen atoms in total. The Morgan fingerprint density at radius 1 is 1.27 bits per heavy atom. The van der Waals surface area contributed by atoms with Crippen LogP contribution < -0.4 is 11.1 Å². The van der Waals surface area contributed by atoms with Crippen molar-refractivity contribution in [3.63, 3.8) is 0 Å². The number of amides is 2. The van der Waals surface area contributed by atoms with Gasteiger partial charge in [-0.1, -0.05) is 13.3 Å². The van der Waals surface area contributed by atoms with Gasteiger partial charge < -0.3 is 20.7 Å². The summed E-state index contributed by atoms with van der Waals surface area (Å²) in [4.78, 5) is 31.7. The molecule has 2 aromatic heterocycles. The van der Waals surface area contributed by atoms with Crippen molar-refractivity contribution in [3.05, 3.63) is 12.4 Å². The third-order valence-corrected chi connectivity index (χ3v) is 6.35. The Hall–Kier alpha value is -2.68. The molecule has 1 unspecified atom stereocenters. The topological polar surface area (TPSA) is 115 Å². The first-order valence-corrected chi connectivity index (χ1v) is 10.8. The van der Waals surface area contributed by atoms with Crippen LogP contribution in [0.4, 0.5) is 11.5 Å². The van der Waals surface area contributed by atoms with E-state index in [2.05, 4.69) is 22.3 Å². The van der Waals surface area contributed by atoms with Gasteiger partial charge in [-0.3, -0.25) is 9.59 Å². The number of likely N-dealkylation sites (tertiary alicyclic amines) is 1. The number of fused-ring (bicyclic) bond motifs is 1. The lowest BCUT2D eigenvalue weighted by molar-refractivity contribution is -0.146. The molecule has 9 heteroatoms. The van der Waals surface area contributed by atoms with E-state index in [1.54, 1.807) is 15.8 Å². The van der Waals surface area contributed by atoms with Crippen LogP contribution >= 0.6 is 0 Å². The lowest BCUT2D eigenvalue weighted by Gasteiger charge is -2.37. The van der Waals surface area contributed by atoms with E-state index in [0.717, 1.165) is 38.5 Å². The SMILES string of the molecule is CC[C@@H]1CC[C@H](C)N(C(=O)C(=O)Nc2cnc(N)c3cnn(C4CCCCO4)c23)C1. The van der Waals surface area contributed by atoms with Gasteiger partial charge in [0.15, 0.2) is 6.23 Å². The summed E-state index contributed by atoms with van der Waals surface area (Å²) in [6.45, 7) is 5.40. The van der Waals surface area contributed by atoms with Gasteiger partial charge in [-0.05, 0) is 44.9 Å². The third-order valence-electron chi connectivity index (χ3n) is 6.35. The maximum absolute atomic E-state index is 12.9. The molecule has 0 spiro atoms. The Balaban J connectivity index is 1.60. The predicted octanol–water partition coefficient (Wildman–Crippen LogP) is 2.69. The van der Waals surface area contributed by atoms with Gasteiger partial charge in [0.2, 0.25) is 0 Å². The Labute approximate surface area is 175 Å². The number of nitrogen functional groups attached to an aromatic ring is 1. The van der Waals surface area contributed by atoms with Crippen molar-refractivity contribution in [2.75, 3.05) is 24.2 Å². The molecule has 2 fully saturated rings. The van der Waals surface area contributed by atoms with E-state index in [1.807, 2.05) is 6.92 Å². The molecular weight excluding hydrogens is 384 g/mol. The second-order valence-corrected chi connectivity index (χ2v) is 8.34. The van der Waals surface area contributed by atoms with Gasteiger partial charge in [0.1, 0.15) is 11.3 Å². The quantitative estimate of drug-likeness (QED) is 0.746. The van der Waals surface area contributed by atoms with Crippen LogP contribution in [0, 0.1) is 5.92 Å².